The summed E-state index contributed by atoms with van der Waals surface area (Å²) in [5.74, 6) is -0.378. The van der Waals surface area contributed by atoms with Gasteiger partial charge in [-0.25, -0.2) is 8.42 Å². The van der Waals surface area contributed by atoms with Crippen molar-refractivity contribution >= 4 is 33.2 Å². The molecule has 0 unspecified atom stereocenters. The molecule has 0 heterocycles. The number of hydrogen-bond acceptors (Lipinski definition) is 3. The average molecular weight is 469 g/mol. The lowest BCUT2D eigenvalue weighted by molar-refractivity contribution is 0.0932. The molecule has 1 atom stereocenters. The van der Waals surface area contributed by atoms with Crippen LogP contribution in [0.5, 0.6) is 0 Å². The number of halogens is 1. The quantitative estimate of drug-likeness (QED) is 0.529. The lowest BCUT2D eigenvalue weighted by atomic mass is 9.87. The second kappa shape index (κ2) is 9.35. The first kappa shape index (κ1) is 22.4. The molecule has 3 aromatic rings. The Morgan fingerprint density at radius 2 is 1.78 bits per heavy atom. The lowest BCUT2D eigenvalue weighted by Gasteiger charge is -2.27. The van der Waals surface area contributed by atoms with Gasteiger partial charge in [0.15, 0.2) is 0 Å². The lowest BCUT2D eigenvalue weighted by Crippen LogP contribution is -2.32. The third kappa shape index (κ3) is 4.38. The van der Waals surface area contributed by atoms with E-state index in [0.717, 1.165) is 24.8 Å². The van der Waals surface area contributed by atoms with Gasteiger partial charge in [0.05, 0.1) is 27.2 Å². The van der Waals surface area contributed by atoms with E-state index >= 15 is 0 Å². The van der Waals surface area contributed by atoms with Gasteiger partial charge in [-0.15, -0.1) is 0 Å². The molecule has 1 N–H and O–H groups in total. The average Bonchev–Trinajstić information content (AvgIpc) is 2.80. The summed E-state index contributed by atoms with van der Waals surface area (Å²) in [5, 5.41) is 3.27. The van der Waals surface area contributed by atoms with E-state index in [1.165, 1.54) is 28.1 Å². The number of benzene rings is 3. The standard InChI is InChI=1S/C25H25ClN2O3S/c1-2-28(19-11-4-3-5-12-19)32(30,31)20-15-16-23(26)22(17-20)25(29)27-24-14-8-10-18-9-6-7-13-21(18)24/h3-7,9,11-13,15-17,24H,2,8,10,14H2,1H3,(H,27,29)/t24-/m0/s1. The monoisotopic (exact) mass is 468 g/mol. The number of nitrogens with zero attached hydrogens (tertiary/aromatic N) is 1. The topological polar surface area (TPSA) is 66.5 Å². The van der Waals surface area contributed by atoms with Crippen LogP contribution in [-0.4, -0.2) is 20.9 Å². The molecule has 0 bridgehead atoms. The third-order valence-electron chi connectivity index (χ3n) is 5.78. The minimum Gasteiger partial charge on any atom is -0.345 e. The molecule has 3 aromatic carbocycles. The van der Waals surface area contributed by atoms with Gasteiger partial charge in [-0.1, -0.05) is 54.1 Å². The van der Waals surface area contributed by atoms with Crippen molar-refractivity contribution in [3.8, 4) is 0 Å². The molecule has 0 radical (unpaired) electrons. The summed E-state index contributed by atoms with van der Waals surface area (Å²) < 4.78 is 28.0. The number of para-hydroxylation sites is 1. The van der Waals surface area contributed by atoms with Gasteiger partial charge in [0, 0.05) is 6.54 Å². The maximum atomic E-state index is 13.4. The Kier molecular flexibility index (Phi) is 6.53. The van der Waals surface area contributed by atoms with Gasteiger partial charge in [-0.2, -0.15) is 0 Å². The van der Waals surface area contributed by atoms with E-state index in [-0.39, 0.29) is 34.0 Å². The third-order valence-corrected chi connectivity index (χ3v) is 8.01. The van der Waals surface area contributed by atoms with Crippen molar-refractivity contribution in [3.63, 3.8) is 0 Å². The Balaban J connectivity index is 1.64. The number of hydrogen-bond donors (Lipinski definition) is 1. The number of amides is 1. The molecular weight excluding hydrogens is 444 g/mol. The number of nitrogens with one attached hydrogen (secondary N) is 1. The molecule has 0 aromatic heterocycles. The second-order valence-corrected chi connectivity index (χ2v) is 10.0. The molecule has 4 rings (SSSR count). The zero-order valence-electron chi connectivity index (χ0n) is 17.8. The Morgan fingerprint density at radius 1 is 1.06 bits per heavy atom. The largest absolute Gasteiger partial charge is 0.345 e. The van der Waals surface area contributed by atoms with Crippen LogP contribution in [0.25, 0.3) is 0 Å². The zero-order valence-corrected chi connectivity index (χ0v) is 19.4. The number of anilines is 1. The van der Waals surface area contributed by atoms with Gasteiger partial charge in [-0.3, -0.25) is 9.10 Å². The molecule has 32 heavy (non-hydrogen) atoms. The summed E-state index contributed by atoms with van der Waals surface area (Å²) in [6, 6.07) is 21.1. The summed E-state index contributed by atoms with van der Waals surface area (Å²) in [4.78, 5) is 13.2. The fraction of sp³-hybridized carbons (Fsp3) is 0.240. The smallest absolute Gasteiger partial charge is 0.264 e. The summed E-state index contributed by atoms with van der Waals surface area (Å²) in [5.41, 5.74) is 3.05. The van der Waals surface area contributed by atoms with Crippen molar-refractivity contribution in [3.05, 3.63) is 94.5 Å². The van der Waals surface area contributed by atoms with E-state index in [2.05, 4.69) is 11.4 Å². The Labute approximate surface area is 194 Å². The number of rotatable bonds is 6. The molecule has 7 heteroatoms. The molecule has 0 saturated carbocycles. The van der Waals surface area contributed by atoms with Gasteiger partial charge in [-0.05, 0) is 67.6 Å². The van der Waals surface area contributed by atoms with E-state index in [4.69, 9.17) is 11.6 Å². The van der Waals surface area contributed by atoms with Crippen LogP contribution in [0.2, 0.25) is 5.02 Å². The highest BCUT2D eigenvalue weighted by atomic mass is 35.5. The molecule has 166 valence electrons. The first-order chi connectivity index (χ1) is 15.4. The minimum absolute atomic E-state index is 0.0294. The zero-order chi connectivity index (χ0) is 22.7. The van der Waals surface area contributed by atoms with Crippen molar-refractivity contribution in [2.24, 2.45) is 0 Å². The van der Waals surface area contributed by atoms with Gasteiger partial charge in [0.2, 0.25) is 0 Å². The number of carbonyl (C=O) groups is 1. The Morgan fingerprint density at radius 3 is 2.53 bits per heavy atom. The second-order valence-electron chi connectivity index (χ2n) is 7.76. The first-order valence-corrected chi connectivity index (χ1v) is 12.5. The van der Waals surface area contributed by atoms with E-state index in [9.17, 15) is 13.2 Å². The van der Waals surface area contributed by atoms with Gasteiger partial charge >= 0.3 is 0 Å². The predicted molar refractivity (Wildman–Crippen MR) is 128 cm³/mol. The Bertz CT molecular complexity index is 1230. The minimum atomic E-state index is -3.86. The highest BCUT2D eigenvalue weighted by Gasteiger charge is 2.27. The van der Waals surface area contributed by atoms with E-state index in [1.807, 2.05) is 24.3 Å². The van der Waals surface area contributed by atoms with Crippen LogP contribution < -0.4 is 9.62 Å². The molecule has 1 aliphatic rings. The molecule has 1 aliphatic carbocycles. The van der Waals surface area contributed by atoms with Crippen LogP contribution in [0, 0.1) is 0 Å². The number of carbonyl (C=O) groups excluding carboxylic acids is 1. The van der Waals surface area contributed by atoms with Crippen LogP contribution in [0.15, 0.2) is 77.7 Å². The van der Waals surface area contributed by atoms with Crippen LogP contribution in [-0.2, 0) is 16.4 Å². The predicted octanol–water partition coefficient (Wildman–Crippen LogP) is 5.36. The van der Waals surface area contributed by atoms with Crippen molar-refractivity contribution in [2.45, 2.75) is 37.1 Å². The molecule has 5 nitrogen and oxygen atoms in total. The first-order valence-electron chi connectivity index (χ1n) is 10.7. The van der Waals surface area contributed by atoms with Crippen LogP contribution in [0.3, 0.4) is 0 Å². The van der Waals surface area contributed by atoms with Crippen LogP contribution in [0.4, 0.5) is 5.69 Å². The SMILES string of the molecule is CCN(c1ccccc1)S(=O)(=O)c1ccc(Cl)c(C(=O)N[C@H]2CCCc3ccccc32)c1. The van der Waals surface area contributed by atoms with Crippen molar-refractivity contribution in [1.82, 2.24) is 5.32 Å². The summed E-state index contributed by atoms with van der Waals surface area (Å²) in [6.07, 6.45) is 2.80. The van der Waals surface area contributed by atoms with Gasteiger partial charge < -0.3 is 5.32 Å². The van der Waals surface area contributed by atoms with E-state index < -0.39 is 10.0 Å². The molecular formula is C25H25ClN2O3S. The summed E-state index contributed by atoms with van der Waals surface area (Å²) >= 11 is 6.32. The van der Waals surface area contributed by atoms with Crippen molar-refractivity contribution < 1.29 is 13.2 Å². The van der Waals surface area contributed by atoms with Gasteiger partial charge in [0.25, 0.3) is 15.9 Å². The highest BCUT2D eigenvalue weighted by Crippen LogP contribution is 2.31. The number of fused-ring (bicyclic) bond motifs is 1. The molecule has 1 amide bonds. The van der Waals surface area contributed by atoms with Crippen molar-refractivity contribution in [2.75, 3.05) is 10.8 Å². The highest BCUT2D eigenvalue weighted by molar-refractivity contribution is 7.92. The summed E-state index contributed by atoms with van der Waals surface area (Å²) in [6.45, 7) is 2.03. The van der Waals surface area contributed by atoms with Crippen LogP contribution in [0.1, 0.15) is 47.3 Å². The maximum Gasteiger partial charge on any atom is 0.264 e. The molecule has 0 spiro atoms. The fourth-order valence-corrected chi connectivity index (χ4v) is 5.90. The fourth-order valence-electron chi connectivity index (χ4n) is 4.19. The maximum absolute atomic E-state index is 13.4. The number of aryl methyl sites for hydroxylation is 1. The number of sulfonamides is 1. The molecule has 0 saturated heterocycles. The molecule has 0 fully saturated rings. The van der Waals surface area contributed by atoms with E-state index in [0.29, 0.717) is 5.69 Å². The van der Waals surface area contributed by atoms with Crippen LogP contribution >= 0.6 is 11.6 Å². The van der Waals surface area contributed by atoms with E-state index in [1.54, 1.807) is 31.2 Å². The normalized spacial score (nSPS) is 15.6. The molecule has 0 aliphatic heterocycles. The van der Waals surface area contributed by atoms with Crippen molar-refractivity contribution in [1.29, 1.82) is 0 Å². The summed E-state index contributed by atoms with van der Waals surface area (Å²) in [7, 11) is -3.86. The Hall–Kier alpha value is -2.83. The van der Waals surface area contributed by atoms with Gasteiger partial charge in [0.1, 0.15) is 0 Å².